The van der Waals surface area contributed by atoms with Crippen LogP contribution < -0.4 is 15.6 Å². The van der Waals surface area contributed by atoms with Gasteiger partial charge in [-0.05, 0) is 42.4 Å². The Hall–Kier alpha value is -4.48. The van der Waals surface area contributed by atoms with E-state index in [0.29, 0.717) is 34.4 Å². The number of pyridine rings is 1. The van der Waals surface area contributed by atoms with E-state index < -0.39 is 17.4 Å². The van der Waals surface area contributed by atoms with Crippen LogP contribution in [0.4, 0.5) is 10.1 Å². The molecule has 0 saturated carbocycles. The lowest BCUT2D eigenvalue weighted by molar-refractivity contribution is -0.119. The van der Waals surface area contributed by atoms with Gasteiger partial charge in [0.1, 0.15) is 24.0 Å². The molecule has 0 saturated heterocycles. The molecule has 0 spiro atoms. The SMILES string of the molecule is CN(Cc1cc2c3c(c1)c(=O)c(C(=O)NCc1ccc(F)cc1)cn3CC(=O)N2C)C[C@@H](O)c1cnccn1. The summed E-state index contributed by atoms with van der Waals surface area (Å²) in [7, 11) is 3.47. The van der Waals surface area contributed by atoms with E-state index in [-0.39, 0.29) is 36.9 Å². The van der Waals surface area contributed by atoms with Crippen molar-refractivity contribution in [3.05, 3.63) is 99.6 Å². The zero-order valence-electron chi connectivity index (χ0n) is 21.5. The molecule has 1 atom stereocenters. The van der Waals surface area contributed by atoms with Gasteiger partial charge in [0.2, 0.25) is 11.3 Å². The summed E-state index contributed by atoms with van der Waals surface area (Å²) in [4.78, 5) is 50.9. The van der Waals surface area contributed by atoms with Crippen LogP contribution >= 0.6 is 0 Å². The van der Waals surface area contributed by atoms with Crippen molar-refractivity contribution in [3.63, 3.8) is 0 Å². The maximum absolute atomic E-state index is 13.6. The summed E-state index contributed by atoms with van der Waals surface area (Å²) in [5.74, 6) is -1.15. The minimum Gasteiger partial charge on any atom is -0.385 e. The number of carbonyl (C=O) groups excluding carboxylic acids is 2. The molecule has 1 aliphatic heterocycles. The molecule has 39 heavy (non-hydrogen) atoms. The Kier molecular flexibility index (Phi) is 7.18. The first-order valence-electron chi connectivity index (χ1n) is 12.3. The summed E-state index contributed by atoms with van der Waals surface area (Å²) in [6.45, 7) is 0.726. The molecule has 1 aliphatic rings. The van der Waals surface area contributed by atoms with Crippen molar-refractivity contribution in [3.8, 4) is 0 Å². The maximum atomic E-state index is 13.6. The highest BCUT2D eigenvalue weighted by Crippen LogP contribution is 2.31. The van der Waals surface area contributed by atoms with Gasteiger partial charge in [-0.3, -0.25) is 29.3 Å². The molecule has 2 aromatic carbocycles. The van der Waals surface area contributed by atoms with Crippen molar-refractivity contribution in [1.82, 2.24) is 24.8 Å². The molecular formula is C28H27FN6O4. The van der Waals surface area contributed by atoms with E-state index in [1.165, 1.54) is 41.8 Å². The van der Waals surface area contributed by atoms with Crippen LogP contribution in [0.15, 0.2) is 66.0 Å². The molecule has 0 bridgehead atoms. The number of halogens is 1. The highest BCUT2D eigenvalue weighted by atomic mass is 19.1. The van der Waals surface area contributed by atoms with E-state index in [1.807, 2.05) is 18.0 Å². The number of benzene rings is 2. The van der Waals surface area contributed by atoms with Crippen molar-refractivity contribution in [2.24, 2.45) is 0 Å². The lowest BCUT2D eigenvalue weighted by Gasteiger charge is -2.29. The minimum absolute atomic E-state index is 0.0118. The fraction of sp³-hybridized carbons (Fsp3) is 0.250. The summed E-state index contributed by atoms with van der Waals surface area (Å²) in [5.41, 5.74) is 2.46. The van der Waals surface area contributed by atoms with Crippen LogP contribution in [-0.2, 0) is 24.4 Å². The highest BCUT2D eigenvalue weighted by Gasteiger charge is 2.27. The molecule has 4 aromatic rings. The number of hydrogen-bond donors (Lipinski definition) is 2. The van der Waals surface area contributed by atoms with E-state index in [4.69, 9.17) is 0 Å². The summed E-state index contributed by atoms with van der Waals surface area (Å²) in [6, 6.07) is 9.27. The van der Waals surface area contributed by atoms with Gasteiger partial charge in [0.25, 0.3) is 5.91 Å². The van der Waals surface area contributed by atoms with E-state index in [1.54, 1.807) is 29.8 Å². The van der Waals surface area contributed by atoms with Crippen molar-refractivity contribution >= 4 is 28.4 Å². The standard InChI is InChI=1S/C28H27FN6O4/c1-33(15-24(36)22-12-30-7-8-31-22)13-18-9-20-26-23(10-18)34(2)25(37)16-35(26)14-21(27(20)38)28(39)32-11-17-3-5-19(29)6-4-17/h3-10,12,14,24,36H,11,13,15-16H2,1-2H3,(H,32,39)/t24-/m1/s1. The van der Waals surface area contributed by atoms with Crippen molar-refractivity contribution < 1.29 is 19.1 Å². The Labute approximate surface area is 223 Å². The zero-order valence-corrected chi connectivity index (χ0v) is 21.5. The van der Waals surface area contributed by atoms with Crippen LogP contribution in [0, 0.1) is 5.82 Å². The lowest BCUT2D eigenvalue weighted by Crippen LogP contribution is -2.37. The lowest BCUT2D eigenvalue weighted by atomic mass is 10.0. The number of anilines is 1. The molecule has 5 rings (SSSR count). The molecule has 0 unspecified atom stereocenters. The monoisotopic (exact) mass is 530 g/mol. The predicted octanol–water partition coefficient (Wildman–Crippen LogP) is 2.00. The van der Waals surface area contributed by atoms with Crippen molar-refractivity contribution in [2.75, 3.05) is 25.5 Å². The van der Waals surface area contributed by atoms with Gasteiger partial charge in [-0.25, -0.2) is 4.39 Å². The highest BCUT2D eigenvalue weighted by molar-refractivity contribution is 6.07. The number of hydrogen-bond acceptors (Lipinski definition) is 7. The molecule has 2 aromatic heterocycles. The van der Waals surface area contributed by atoms with Gasteiger partial charge in [0.05, 0.1) is 23.1 Å². The summed E-state index contributed by atoms with van der Waals surface area (Å²) in [6.07, 6.45) is 5.10. The second-order valence-electron chi connectivity index (χ2n) is 9.62. The normalized spacial score (nSPS) is 13.7. The van der Waals surface area contributed by atoms with Crippen LogP contribution in [0.1, 0.15) is 33.3 Å². The average molecular weight is 531 g/mol. The Morgan fingerprint density at radius 1 is 1.18 bits per heavy atom. The Morgan fingerprint density at radius 2 is 1.95 bits per heavy atom. The first kappa shape index (κ1) is 26.1. The average Bonchev–Trinajstić information content (AvgIpc) is 2.93. The molecule has 2 N–H and O–H groups in total. The molecule has 11 heteroatoms. The predicted molar refractivity (Wildman–Crippen MR) is 143 cm³/mol. The van der Waals surface area contributed by atoms with Crippen molar-refractivity contribution in [2.45, 2.75) is 25.7 Å². The topological polar surface area (TPSA) is 121 Å². The van der Waals surface area contributed by atoms with Gasteiger partial charge >= 0.3 is 0 Å². The quantitative estimate of drug-likeness (QED) is 0.358. The molecule has 0 fully saturated rings. The fourth-order valence-corrected chi connectivity index (χ4v) is 4.72. The number of nitrogens with zero attached hydrogens (tertiary/aromatic N) is 5. The minimum atomic E-state index is -0.861. The number of aliphatic hydroxyl groups is 1. The van der Waals surface area contributed by atoms with Crippen LogP contribution in [0.2, 0.25) is 0 Å². The van der Waals surface area contributed by atoms with Gasteiger partial charge in [-0.15, -0.1) is 0 Å². The molecular weight excluding hydrogens is 503 g/mol. The molecule has 10 nitrogen and oxygen atoms in total. The number of nitrogens with one attached hydrogen (secondary N) is 1. The van der Waals surface area contributed by atoms with Crippen LogP contribution in [-0.4, -0.2) is 57.0 Å². The third-order valence-corrected chi connectivity index (χ3v) is 6.72. The molecule has 200 valence electrons. The number of carbonyl (C=O) groups is 2. The summed E-state index contributed by atoms with van der Waals surface area (Å²) < 4.78 is 14.8. The number of aromatic nitrogens is 3. The van der Waals surface area contributed by atoms with Gasteiger partial charge in [-0.2, -0.15) is 0 Å². The van der Waals surface area contributed by atoms with E-state index in [0.717, 1.165) is 5.56 Å². The van der Waals surface area contributed by atoms with Crippen LogP contribution in [0.3, 0.4) is 0 Å². The first-order chi connectivity index (χ1) is 18.7. The number of aliphatic hydroxyl groups excluding tert-OH is 1. The zero-order chi connectivity index (χ0) is 27.7. The van der Waals surface area contributed by atoms with Gasteiger partial charge in [0.15, 0.2) is 0 Å². The van der Waals surface area contributed by atoms with E-state index in [9.17, 15) is 23.9 Å². The summed E-state index contributed by atoms with van der Waals surface area (Å²) in [5, 5.41) is 13.6. The van der Waals surface area contributed by atoms with Gasteiger partial charge in [0, 0.05) is 50.7 Å². The number of amides is 2. The summed E-state index contributed by atoms with van der Waals surface area (Å²) >= 11 is 0. The molecule has 0 aliphatic carbocycles. The Morgan fingerprint density at radius 3 is 2.67 bits per heavy atom. The second kappa shape index (κ2) is 10.7. The fourth-order valence-electron chi connectivity index (χ4n) is 4.72. The van der Waals surface area contributed by atoms with E-state index in [2.05, 4.69) is 15.3 Å². The van der Waals surface area contributed by atoms with Gasteiger partial charge in [-0.1, -0.05) is 12.1 Å². The maximum Gasteiger partial charge on any atom is 0.257 e. The third kappa shape index (κ3) is 5.40. The van der Waals surface area contributed by atoms with Crippen molar-refractivity contribution in [1.29, 1.82) is 0 Å². The second-order valence-corrected chi connectivity index (χ2v) is 9.62. The van der Waals surface area contributed by atoms with Gasteiger partial charge < -0.3 is 19.9 Å². The smallest absolute Gasteiger partial charge is 0.257 e. The Bertz CT molecular complexity index is 1610. The molecule has 2 amide bonds. The first-order valence-corrected chi connectivity index (χ1v) is 12.3. The Balaban J connectivity index is 1.46. The number of rotatable bonds is 8. The van der Waals surface area contributed by atoms with Crippen LogP contribution in [0.25, 0.3) is 10.9 Å². The van der Waals surface area contributed by atoms with E-state index >= 15 is 0 Å². The molecule has 0 radical (unpaired) electrons. The third-order valence-electron chi connectivity index (χ3n) is 6.72. The van der Waals surface area contributed by atoms with Crippen LogP contribution in [0.5, 0.6) is 0 Å². The molecule has 3 heterocycles. The number of likely N-dealkylation sites (N-methyl/N-ethyl adjacent to an activating group) is 2. The largest absolute Gasteiger partial charge is 0.385 e.